The molecule has 0 bridgehead atoms. The summed E-state index contributed by atoms with van der Waals surface area (Å²) in [6, 6.07) is 20.4. The largest absolute Gasteiger partial charge is 0.325 e. The van der Waals surface area contributed by atoms with E-state index in [1.807, 2.05) is 13.0 Å². The molecule has 0 aliphatic heterocycles. The van der Waals surface area contributed by atoms with Crippen LogP contribution < -0.4 is 9.62 Å². The number of benzene rings is 3. The fourth-order valence-electron chi connectivity index (χ4n) is 2.84. The third kappa shape index (κ3) is 4.96. The van der Waals surface area contributed by atoms with Gasteiger partial charge in [0.2, 0.25) is 5.91 Å². The van der Waals surface area contributed by atoms with Crippen LogP contribution in [0.4, 0.5) is 11.4 Å². The number of sulfonamides is 1. The lowest BCUT2D eigenvalue weighted by Crippen LogP contribution is -2.38. The quantitative estimate of drug-likeness (QED) is 0.613. The molecule has 0 saturated heterocycles. The highest BCUT2D eigenvalue weighted by Crippen LogP contribution is 2.29. The van der Waals surface area contributed by atoms with E-state index in [9.17, 15) is 13.2 Å². The van der Waals surface area contributed by atoms with Crippen molar-refractivity contribution in [3.8, 4) is 0 Å². The Morgan fingerprint density at radius 2 is 1.62 bits per heavy atom. The van der Waals surface area contributed by atoms with Crippen LogP contribution in [0.25, 0.3) is 0 Å². The monoisotopic (exact) mass is 428 g/mol. The number of halogens is 1. The number of carbonyl (C=O) groups is 1. The smallest absolute Gasteiger partial charge is 0.264 e. The number of hydrogen-bond acceptors (Lipinski definition) is 3. The van der Waals surface area contributed by atoms with Gasteiger partial charge in [-0.3, -0.25) is 9.10 Å². The Hall–Kier alpha value is -2.83. The van der Waals surface area contributed by atoms with E-state index in [2.05, 4.69) is 5.32 Å². The molecular formula is C22H21ClN2O3S. The summed E-state index contributed by atoms with van der Waals surface area (Å²) in [5.41, 5.74) is 2.59. The predicted molar refractivity (Wildman–Crippen MR) is 117 cm³/mol. The van der Waals surface area contributed by atoms with Gasteiger partial charge in [0.25, 0.3) is 10.0 Å². The molecule has 0 unspecified atom stereocenters. The number of carbonyl (C=O) groups excluding carboxylic acids is 1. The first-order chi connectivity index (χ1) is 13.8. The first-order valence-electron chi connectivity index (χ1n) is 8.98. The molecule has 0 aliphatic carbocycles. The van der Waals surface area contributed by atoms with Crippen LogP contribution in [0.1, 0.15) is 11.1 Å². The van der Waals surface area contributed by atoms with Gasteiger partial charge in [-0.05, 0) is 55.8 Å². The van der Waals surface area contributed by atoms with Gasteiger partial charge in [-0.1, -0.05) is 53.6 Å². The van der Waals surface area contributed by atoms with E-state index < -0.39 is 15.9 Å². The van der Waals surface area contributed by atoms with Crippen molar-refractivity contribution < 1.29 is 13.2 Å². The van der Waals surface area contributed by atoms with Gasteiger partial charge in [-0.15, -0.1) is 0 Å². The molecule has 3 aromatic carbocycles. The van der Waals surface area contributed by atoms with Crippen molar-refractivity contribution in [2.75, 3.05) is 16.2 Å². The number of hydrogen-bond donors (Lipinski definition) is 1. The van der Waals surface area contributed by atoms with E-state index in [4.69, 9.17) is 11.6 Å². The molecule has 0 heterocycles. The van der Waals surface area contributed by atoms with Crippen LogP contribution in [0.15, 0.2) is 77.7 Å². The van der Waals surface area contributed by atoms with Crippen molar-refractivity contribution in [1.29, 1.82) is 0 Å². The second-order valence-corrected chi connectivity index (χ2v) is 8.97. The first-order valence-corrected chi connectivity index (χ1v) is 10.8. The number of aryl methyl sites for hydroxylation is 2. The molecule has 0 radical (unpaired) electrons. The summed E-state index contributed by atoms with van der Waals surface area (Å²) in [6.07, 6.45) is 0. The first kappa shape index (κ1) is 20.9. The Morgan fingerprint density at radius 3 is 2.28 bits per heavy atom. The molecule has 7 heteroatoms. The minimum atomic E-state index is -3.98. The van der Waals surface area contributed by atoms with Crippen molar-refractivity contribution >= 4 is 38.9 Å². The van der Waals surface area contributed by atoms with Gasteiger partial charge in [0.1, 0.15) is 6.54 Å². The van der Waals surface area contributed by atoms with Crippen molar-refractivity contribution in [2.24, 2.45) is 0 Å². The highest BCUT2D eigenvalue weighted by molar-refractivity contribution is 7.92. The predicted octanol–water partition coefficient (Wildman–Crippen LogP) is 4.79. The normalized spacial score (nSPS) is 11.1. The van der Waals surface area contributed by atoms with E-state index in [0.717, 1.165) is 9.87 Å². The molecule has 3 rings (SSSR count). The van der Waals surface area contributed by atoms with Crippen LogP contribution in [-0.2, 0) is 14.8 Å². The Morgan fingerprint density at radius 1 is 0.966 bits per heavy atom. The van der Waals surface area contributed by atoms with E-state index in [-0.39, 0.29) is 11.4 Å². The van der Waals surface area contributed by atoms with Crippen LogP contribution in [0.5, 0.6) is 0 Å². The lowest BCUT2D eigenvalue weighted by Gasteiger charge is -2.26. The van der Waals surface area contributed by atoms with Crippen molar-refractivity contribution in [3.05, 3.63) is 88.9 Å². The van der Waals surface area contributed by atoms with Gasteiger partial charge in [0.15, 0.2) is 0 Å². The van der Waals surface area contributed by atoms with Crippen LogP contribution >= 0.6 is 11.6 Å². The molecular weight excluding hydrogens is 408 g/mol. The molecule has 1 amide bonds. The molecule has 0 spiro atoms. The number of nitrogens with zero attached hydrogens (tertiary/aromatic N) is 1. The zero-order chi connectivity index (χ0) is 21.0. The molecule has 0 saturated carbocycles. The van der Waals surface area contributed by atoms with Gasteiger partial charge in [0.05, 0.1) is 10.6 Å². The Bertz CT molecular complexity index is 1110. The van der Waals surface area contributed by atoms with Crippen molar-refractivity contribution in [2.45, 2.75) is 18.7 Å². The molecule has 0 aliphatic rings. The Kier molecular flexibility index (Phi) is 6.25. The highest BCUT2D eigenvalue weighted by Gasteiger charge is 2.28. The van der Waals surface area contributed by atoms with Crippen LogP contribution in [0.2, 0.25) is 5.02 Å². The molecule has 0 aromatic heterocycles. The summed E-state index contributed by atoms with van der Waals surface area (Å²) in [7, 11) is -3.98. The Balaban J connectivity index is 2.01. The third-order valence-corrected chi connectivity index (χ3v) is 6.40. The third-order valence-electron chi connectivity index (χ3n) is 4.39. The second kappa shape index (κ2) is 8.68. The van der Waals surface area contributed by atoms with Gasteiger partial charge in [0, 0.05) is 10.7 Å². The lowest BCUT2D eigenvalue weighted by atomic mass is 10.2. The topological polar surface area (TPSA) is 66.5 Å². The molecule has 0 atom stereocenters. The standard InChI is InChI=1S/C22H21ClN2O3S/c1-16-8-12-20(13-9-16)29(27,28)25(21-14-18(23)11-10-17(21)2)15-22(26)24-19-6-4-3-5-7-19/h3-14H,15H2,1-2H3,(H,24,26). The molecule has 1 N–H and O–H groups in total. The number of rotatable bonds is 6. The average molecular weight is 429 g/mol. The van der Waals surface area contributed by atoms with E-state index in [0.29, 0.717) is 22.0 Å². The summed E-state index contributed by atoms with van der Waals surface area (Å²) < 4.78 is 27.9. The molecule has 3 aromatic rings. The number of nitrogens with one attached hydrogen (secondary N) is 1. The summed E-state index contributed by atoms with van der Waals surface area (Å²) in [5, 5.41) is 3.12. The van der Waals surface area contributed by atoms with Crippen molar-refractivity contribution in [3.63, 3.8) is 0 Å². The summed E-state index contributed by atoms with van der Waals surface area (Å²) in [4.78, 5) is 12.8. The van der Waals surface area contributed by atoms with E-state index in [1.165, 1.54) is 12.1 Å². The minimum absolute atomic E-state index is 0.106. The van der Waals surface area contributed by atoms with Gasteiger partial charge in [-0.25, -0.2) is 8.42 Å². The SMILES string of the molecule is Cc1ccc(S(=O)(=O)N(CC(=O)Nc2ccccc2)c2cc(Cl)ccc2C)cc1. The van der Waals surface area contributed by atoms with Crippen LogP contribution in [0.3, 0.4) is 0 Å². The van der Waals surface area contributed by atoms with Gasteiger partial charge in [-0.2, -0.15) is 0 Å². The fraction of sp³-hybridized carbons (Fsp3) is 0.136. The zero-order valence-electron chi connectivity index (χ0n) is 16.1. The van der Waals surface area contributed by atoms with Crippen LogP contribution in [0, 0.1) is 13.8 Å². The average Bonchev–Trinajstić information content (AvgIpc) is 2.69. The number of para-hydroxylation sites is 1. The summed E-state index contributed by atoms with van der Waals surface area (Å²) in [5.74, 6) is -0.453. The number of anilines is 2. The van der Waals surface area contributed by atoms with Gasteiger partial charge < -0.3 is 5.32 Å². The van der Waals surface area contributed by atoms with Crippen LogP contribution in [-0.4, -0.2) is 20.9 Å². The van der Waals surface area contributed by atoms with Gasteiger partial charge >= 0.3 is 0 Å². The van der Waals surface area contributed by atoms with E-state index >= 15 is 0 Å². The maximum absolute atomic E-state index is 13.4. The summed E-state index contributed by atoms with van der Waals surface area (Å²) >= 11 is 6.12. The maximum atomic E-state index is 13.4. The zero-order valence-corrected chi connectivity index (χ0v) is 17.7. The van der Waals surface area contributed by atoms with E-state index in [1.54, 1.807) is 61.5 Å². The fourth-order valence-corrected chi connectivity index (χ4v) is 4.48. The summed E-state index contributed by atoms with van der Waals surface area (Å²) in [6.45, 7) is 3.27. The molecule has 5 nitrogen and oxygen atoms in total. The highest BCUT2D eigenvalue weighted by atomic mass is 35.5. The molecule has 0 fully saturated rings. The molecule has 29 heavy (non-hydrogen) atoms. The molecule has 150 valence electrons. The maximum Gasteiger partial charge on any atom is 0.264 e. The van der Waals surface area contributed by atoms with Crippen molar-refractivity contribution in [1.82, 2.24) is 0 Å². The number of amides is 1. The minimum Gasteiger partial charge on any atom is -0.325 e. The lowest BCUT2D eigenvalue weighted by molar-refractivity contribution is -0.114. The second-order valence-electron chi connectivity index (χ2n) is 6.67. The Labute approximate surface area is 176 Å².